The van der Waals surface area contributed by atoms with Crippen LogP contribution in [0.2, 0.25) is 0 Å². The topological polar surface area (TPSA) is 132 Å². The molecule has 0 heterocycles. The Kier molecular flexibility index (Phi) is 15.9. The van der Waals surface area contributed by atoms with E-state index >= 15 is 0 Å². The van der Waals surface area contributed by atoms with Gasteiger partial charge in [-0.05, 0) is 30.2 Å². The van der Waals surface area contributed by atoms with Gasteiger partial charge in [0.2, 0.25) is 5.24 Å². The molecule has 0 bridgehead atoms. The molecule has 0 unspecified atom stereocenters. The first-order chi connectivity index (χ1) is 13.5. The Morgan fingerprint density at radius 1 is 1.03 bits per heavy atom. The van der Waals surface area contributed by atoms with E-state index in [1.807, 2.05) is 6.92 Å². The quantitative estimate of drug-likeness (QED) is 0.279. The fourth-order valence-corrected chi connectivity index (χ4v) is 2.79. The second kappa shape index (κ2) is 16.2. The zero-order valence-corrected chi connectivity index (χ0v) is 17.4. The molecule has 1 rings (SSSR count). The van der Waals surface area contributed by atoms with E-state index in [2.05, 4.69) is 17.9 Å². The second-order valence-electron chi connectivity index (χ2n) is 5.03. The molecule has 29 heavy (non-hydrogen) atoms. The molecule has 0 aliphatic rings. The zero-order valence-electron chi connectivity index (χ0n) is 15.9. The normalized spacial score (nSPS) is 9.45. The third kappa shape index (κ3) is 17.1. The molecule has 0 atom stereocenters. The number of esters is 2. The number of benzene rings is 1. The third-order valence-corrected chi connectivity index (χ3v) is 4.59. The van der Waals surface area contributed by atoms with Crippen LogP contribution in [-0.2, 0) is 33.8 Å². The van der Waals surface area contributed by atoms with Crippen molar-refractivity contribution < 1.29 is 37.4 Å². The van der Waals surface area contributed by atoms with Gasteiger partial charge in [0, 0.05) is 18.6 Å². The van der Waals surface area contributed by atoms with Crippen molar-refractivity contribution >= 4 is 44.6 Å². The SMILES string of the molecule is C=CC(=O)OC(=O)C=C.CCCC(=O)Cl.O=C(O)CCS(=O)(=O)c1ccccc1. The first-order valence-corrected chi connectivity index (χ1v) is 10.2. The minimum absolute atomic E-state index is 0.168. The van der Waals surface area contributed by atoms with Crippen molar-refractivity contribution in [2.75, 3.05) is 5.75 Å². The number of carbonyl (C=O) groups excluding carboxylic acids is 3. The maximum absolute atomic E-state index is 11.5. The number of hydrogen-bond acceptors (Lipinski definition) is 7. The van der Waals surface area contributed by atoms with E-state index in [0.717, 1.165) is 18.6 Å². The molecule has 8 nitrogen and oxygen atoms in total. The summed E-state index contributed by atoms with van der Waals surface area (Å²) in [7, 11) is -3.44. The summed E-state index contributed by atoms with van der Waals surface area (Å²) in [5, 5.41) is 8.12. The van der Waals surface area contributed by atoms with Crippen LogP contribution < -0.4 is 0 Å². The molecule has 0 saturated carbocycles. The van der Waals surface area contributed by atoms with Crippen molar-refractivity contribution in [3.63, 3.8) is 0 Å². The molecule has 1 aromatic rings. The van der Waals surface area contributed by atoms with E-state index in [4.69, 9.17) is 16.7 Å². The standard InChI is InChI=1S/C9H10O4S.C6H6O3.C4H7ClO/c10-9(11)6-7-14(12,13)8-4-2-1-3-5-8;1-3-5(7)9-6(8)4-2;1-2-3-4(5)6/h1-5H,6-7H2,(H,10,11);3-4H,1-2H2;2-3H2,1H3. The van der Waals surface area contributed by atoms with Gasteiger partial charge in [0.15, 0.2) is 9.84 Å². The predicted molar refractivity (Wildman–Crippen MR) is 108 cm³/mol. The van der Waals surface area contributed by atoms with Crippen molar-refractivity contribution in [2.45, 2.75) is 31.1 Å². The Hall–Kier alpha value is -2.78. The van der Waals surface area contributed by atoms with Gasteiger partial charge in [-0.15, -0.1) is 0 Å². The first kappa shape index (κ1) is 28.4. The van der Waals surface area contributed by atoms with Crippen LogP contribution in [0.4, 0.5) is 0 Å². The number of carbonyl (C=O) groups is 4. The van der Waals surface area contributed by atoms with Crippen LogP contribution in [0.15, 0.2) is 60.5 Å². The molecule has 0 amide bonds. The van der Waals surface area contributed by atoms with Crippen molar-refractivity contribution in [1.29, 1.82) is 0 Å². The van der Waals surface area contributed by atoms with Gasteiger partial charge in [-0.2, -0.15) is 0 Å². The summed E-state index contributed by atoms with van der Waals surface area (Å²) in [4.78, 5) is 40.5. The van der Waals surface area contributed by atoms with Gasteiger partial charge in [0.1, 0.15) is 0 Å². The highest BCUT2D eigenvalue weighted by Gasteiger charge is 2.15. The van der Waals surface area contributed by atoms with Crippen LogP contribution in [0, 0.1) is 0 Å². The number of hydrogen-bond donors (Lipinski definition) is 1. The number of carboxylic acid groups (broad SMARTS) is 1. The average molecular weight is 447 g/mol. The Morgan fingerprint density at radius 3 is 1.83 bits per heavy atom. The highest BCUT2D eigenvalue weighted by atomic mass is 35.5. The Balaban J connectivity index is 0. The molecular formula is C19H23ClO8S. The zero-order chi connectivity index (χ0) is 22.9. The summed E-state index contributed by atoms with van der Waals surface area (Å²) in [5.41, 5.74) is 0. The van der Waals surface area contributed by atoms with Gasteiger partial charge in [-0.1, -0.05) is 38.3 Å². The lowest BCUT2D eigenvalue weighted by molar-refractivity contribution is -0.152. The van der Waals surface area contributed by atoms with Gasteiger partial charge in [0.05, 0.1) is 17.1 Å². The maximum Gasteiger partial charge on any atom is 0.338 e. The molecule has 0 aliphatic heterocycles. The first-order valence-electron chi connectivity index (χ1n) is 8.18. The minimum Gasteiger partial charge on any atom is -0.481 e. The van der Waals surface area contributed by atoms with E-state index < -0.39 is 27.7 Å². The van der Waals surface area contributed by atoms with E-state index in [1.54, 1.807) is 18.2 Å². The van der Waals surface area contributed by atoms with Crippen molar-refractivity contribution in [3.05, 3.63) is 55.6 Å². The van der Waals surface area contributed by atoms with E-state index in [-0.39, 0.29) is 22.3 Å². The number of rotatable bonds is 8. The van der Waals surface area contributed by atoms with Crippen LogP contribution in [0.5, 0.6) is 0 Å². The molecule has 0 radical (unpaired) electrons. The van der Waals surface area contributed by atoms with Crippen molar-refractivity contribution in [2.24, 2.45) is 0 Å². The molecule has 0 fully saturated rings. The van der Waals surface area contributed by atoms with E-state index in [1.165, 1.54) is 12.1 Å². The van der Waals surface area contributed by atoms with Crippen molar-refractivity contribution in [1.82, 2.24) is 0 Å². The lowest BCUT2D eigenvalue weighted by atomic mass is 10.4. The van der Waals surface area contributed by atoms with Gasteiger partial charge in [-0.25, -0.2) is 18.0 Å². The number of ether oxygens (including phenoxy) is 1. The number of carboxylic acids is 1. The van der Waals surface area contributed by atoms with Crippen LogP contribution in [0.1, 0.15) is 26.2 Å². The molecule has 0 spiro atoms. The minimum atomic E-state index is -3.44. The summed E-state index contributed by atoms with van der Waals surface area (Å²) in [6.07, 6.45) is 2.80. The van der Waals surface area contributed by atoms with Crippen LogP contribution in [-0.4, -0.2) is 42.4 Å². The molecule has 0 aliphatic carbocycles. The summed E-state index contributed by atoms with van der Waals surface area (Å²) in [6.45, 7) is 8.09. The molecule has 0 aromatic heterocycles. The molecule has 160 valence electrons. The fourth-order valence-electron chi connectivity index (χ4n) is 1.35. The van der Waals surface area contributed by atoms with Gasteiger partial charge in [-0.3, -0.25) is 9.59 Å². The van der Waals surface area contributed by atoms with Crippen LogP contribution in [0.25, 0.3) is 0 Å². The third-order valence-electron chi connectivity index (χ3n) is 2.67. The van der Waals surface area contributed by atoms with Gasteiger partial charge >= 0.3 is 17.9 Å². The van der Waals surface area contributed by atoms with Crippen LogP contribution in [0.3, 0.4) is 0 Å². The van der Waals surface area contributed by atoms with Crippen molar-refractivity contribution in [3.8, 4) is 0 Å². The maximum atomic E-state index is 11.5. The lowest BCUT2D eigenvalue weighted by Gasteiger charge is -2.01. The monoisotopic (exact) mass is 446 g/mol. The smallest absolute Gasteiger partial charge is 0.338 e. The van der Waals surface area contributed by atoms with Gasteiger partial charge < -0.3 is 9.84 Å². The summed E-state index contributed by atoms with van der Waals surface area (Å²) < 4.78 is 27.0. The number of sulfone groups is 1. The lowest BCUT2D eigenvalue weighted by Crippen LogP contribution is -2.10. The van der Waals surface area contributed by atoms with E-state index in [9.17, 15) is 27.6 Å². The molecule has 0 saturated heterocycles. The highest BCUT2D eigenvalue weighted by Crippen LogP contribution is 2.10. The van der Waals surface area contributed by atoms with E-state index in [0.29, 0.717) is 6.42 Å². The number of halogens is 1. The van der Waals surface area contributed by atoms with Gasteiger partial charge in [0.25, 0.3) is 0 Å². The molecular weight excluding hydrogens is 424 g/mol. The second-order valence-corrected chi connectivity index (χ2v) is 7.56. The Labute approximate surface area is 174 Å². The summed E-state index contributed by atoms with van der Waals surface area (Å²) in [5.74, 6) is -2.99. The molecule has 1 N–H and O–H groups in total. The Morgan fingerprint density at radius 2 is 1.52 bits per heavy atom. The summed E-state index contributed by atoms with van der Waals surface area (Å²) >= 11 is 4.94. The average Bonchev–Trinajstić information content (AvgIpc) is 2.68. The summed E-state index contributed by atoms with van der Waals surface area (Å²) in [6, 6.07) is 7.83. The Bertz CT molecular complexity index is 783. The molecule has 10 heteroatoms. The fraction of sp³-hybridized carbons (Fsp3) is 0.263. The molecule has 1 aromatic carbocycles. The largest absolute Gasteiger partial charge is 0.481 e. The highest BCUT2D eigenvalue weighted by molar-refractivity contribution is 7.91. The predicted octanol–water partition coefficient (Wildman–Crippen LogP) is 2.92. The van der Waals surface area contributed by atoms with Crippen LogP contribution >= 0.6 is 11.6 Å². The number of aliphatic carboxylic acids is 1.